The number of carbonyl (C=O) groups excluding carboxylic acids is 1. The van der Waals surface area contributed by atoms with Crippen LogP contribution >= 0.6 is 12.6 Å². The van der Waals surface area contributed by atoms with Crippen molar-refractivity contribution in [3.63, 3.8) is 0 Å². The predicted octanol–water partition coefficient (Wildman–Crippen LogP) is 3.57. The van der Waals surface area contributed by atoms with Gasteiger partial charge < -0.3 is 9.76 Å². The molecule has 0 spiro atoms. The van der Waals surface area contributed by atoms with Crippen molar-refractivity contribution in [2.75, 3.05) is 0 Å². The van der Waals surface area contributed by atoms with Crippen LogP contribution in [-0.2, 0) is 15.0 Å². The van der Waals surface area contributed by atoms with Crippen LogP contribution in [0.25, 0.3) is 0 Å². The highest BCUT2D eigenvalue weighted by atomic mass is 32.1. The van der Waals surface area contributed by atoms with Gasteiger partial charge in [-0.25, -0.2) is 0 Å². The van der Waals surface area contributed by atoms with Crippen LogP contribution in [0, 0.1) is 12.8 Å². The Labute approximate surface area is 159 Å². The van der Waals surface area contributed by atoms with Crippen molar-refractivity contribution in [2.45, 2.75) is 77.8 Å². The van der Waals surface area contributed by atoms with E-state index in [4.69, 9.17) is 4.65 Å². The molecule has 1 N–H and O–H groups in total. The molecule has 3 nitrogen and oxygen atoms in total. The largest absolute Gasteiger partial charge is 0.428 e. The highest BCUT2D eigenvalue weighted by molar-refractivity contribution is 7.81. The van der Waals surface area contributed by atoms with Gasteiger partial charge in [0.25, 0.3) is 0 Å². The monoisotopic (exact) mass is 363 g/mol. The second-order valence-corrected chi connectivity index (χ2v) is 9.24. The molecule has 139 valence electrons. The van der Waals surface area contributed by atoms with Crippen molar-refractivity contribution >= 4 is 31.4 Å². The van der Waals surface area contributed by atoms with Gasteiger partial charge in [0.1, 0.15) is 5.60 Å². The summed E-state index contributed by atoms with van der Waals surface area (Å²) in [6, 6.07) is 5.60. The molecular formula is C20H32BO3S. The molecule has 1 rings (SSSR count). The molecule has 1 aromatic rings. The molecule has 0 aliphatic carbocycles. The number of rotatable bonds is 8. The van der Waals surface area contributed by atoms with Crippen LogP contribution in [0.5, 0.6) is 0 Å². The lowest BCUT2D eigenvalue weighted by Gasteiger charge is -2.38. The Kier molecular flexibility index (Phi) is 6.99. The Bertz CT molecular complexity index is 618. The average Bonchev–Trinajstić information content (AvgIpc) is 2.50. The summed E-state index contributed by atoms with van der Waals surface area (Å²) in [5.74, 6) is -0.327. The number of hydrogen-bond donors (Lipinski definition) is 2. The van der Waals surface area contributed by atoms with Gasteiger partial charge in [-0.3, -0.25) is 4.79 Å². The zero-order valence-corrected chi connectivity index (χ0v) is 17.7. The first-order valence-corrected chi connectivity index (χ1v) is 9.30. The number of hydrogen-bond acceptors (Lipinski definition) is 4. The molecule has 2 unspecified atom stereocenters. The van der Waals surface area contributed by atoms with Crippen LogP contribution in [-0.4, -0.2) is 28.7 Å². The summed E-state index contributed by atoms with van der Waals surface area (Å²) in [6.45, 7) is 15.3. The molecule has 0 aromatic heterocycles. The first-order valence-electron chi connectivity index (χ1n) is 8.85. The first-order chi connectivity index (χ1) is 11.2. The van der Waals surface area contributed by atoms with E-state index in [2.05, 4.69) is 12.6 Å². The molecule has 2 atom stereocenters. The van der Waals surface area contributed by atoms with Crippen LogP contribution in [0.15, 0.2) is 18.2 Å². The summed E-state index contributed by atoms with van der Waals surface area (Å²) >= 11 is 4.59. The van der Waals surface area contributed by atoms with Gasteiger partial charge in [0.05, 0.1) is 5.60 Å². The lowest BCUT2D eigenvalue weighted by molar-refractivity contribution is -0.140. The Hall–Kier alpha value is -0.775. The Morgan fingerprint density at radius 3 is 2.28 bits per heavy atom. The Morgan fingerprint density at radius 2 is 1.84 bits per heavy atom. The van der Waals surface area contributed by atoms with Crippen LogP contribution in [0.2, 0.25) is 0 Å². The van der Waals surface area contributed by atoms with E-state index in [1.54, 1.807) is 14.4 Å². The van der Waals surface area contributed by atoms with E-state index in [1.807, 2.05) is 66.7 Å². The van der Waals surface area contributed by atoms with Gasteiger partial charge in [-0.05, 0) is 59.1 Å². The highest BCUT2D eigenvalue weighted by Gasteiger charge is 2.37. The molecule has 0 aliphatic rings. The number of aliphatic hydroxyl groups is 1. The van der Waals surface area contributed by atoms with Gasteiger partial charge in [-0.1, -0.05) is 37.5 Å². The maximum atomic E-state index is 12.5. The van der Waals surface area contributed by atoms with E-state index < -0.39 is 11.2 Å². The van der Waals surface area contributed by atoms with E-state index in [9.17, 15) is 9.90 Å². The van der Waals surface area contributed by atoms with Crippen molar-refractivity contribution in [1.29, 1.82) is 0 Å². The minimum Gasteiger partial charge on any atom is -0.428 e. The lowest BCUT2D eigenvalue weighted by Crippen LogP contribution is -2.45. The summed E-state index contributed by atoms with van der Waals surface area (Å²) in [6.07, 6.45) is 0.711. The second kappa shape index (κ2) is 7.85. The van der Waals surface area contributed by atoms with E-state index >= 15 is 0 Å². The van der Waals surface area contributed by atoms with Crippen LogP contribution in [0.3, 0.4) is 0 Å². The molecule has 0 aliphatic heterocycles. The van der Waals surface area contributed by atoms with Crippen molar-refractivity contribution in [3.05, 3.63) is 29.3 Å². The minimum absolute atomic E-state index is 0.149. The molecule has 0 fully saturated rings. The molecular weight excluding hydrogens is 331 g/mol. The molecule has 25 heavy (non-hydrogen) atoms. The lowest BCUT2D eigenvalue weighted by atomic mass is 9.78. The van der Waals surface area contributed by atoms with Crippen LogP contribution < -0.4 is 5.46 Å². The summed E-state index contributed by atoms with van der Waals surface area (Å²) in [7, 11) is 1.71. The van der Waals surface area contributed by atoms with Crippen molar-refractivity contribution in [2.24, 2.45) is 5.92 Å². The number of benzene rings is 1. The van der Waals surface area contributed by atoms with Crippen molar-refractivity contribution < 1.29 is 14.6 Å². The third kappa shape index (κ3) is 5.12. The molecule has 0 bridgehead atoms. The second-order valence-electron chi connectivity index (χ2n) is 8.13. The molecule has 5 heteroatoms. The maximum absolute atomic E-state index is 12.5. The molecule has 1 aromatic carbocycles. The average molecular weight is 363 g/mol. The number of Topliss-reactive ketones (excluding diaryl/α,β-unsaturated/α-hetero) is 1. The van der Waals surface area contributed by atoms with Gasteiger partial charge in [0.15, 0.2) is 5.78 Å². The van der Waals surface area contributed by atoms with E-state index in [-0.39, 0.29) is 16.4 Å². The van der Waals surface area contributed by atoms with E-state index in [0.29, 0.717) is 12.0 Å². The zero-order valence-electron chi connectivity index (χ0n) is 16.8. The standard InChI is InChI=1S/C20H32BO3S/c1-9-13(2)17(22)20(8,23)16-11-10-15(12-14(16)3)21-24-18(4,5)19(6,7)25/h10-13,23,25H,9H2,1-8H3. The van der Waals surface area contributed by atoms with Gasteiger partial charge in [0, 0.05) is 10.7 Å². The zero-order chi connectivity index (χ0) is 19.6. The fourth-order valence-electron chi connectivity index (χ4n) is 2.46. The summed E-state index contributed by atoms with van der Waals surface area (Å²) in [4.78, 5) is 12.5. The molecule has 1 radical (unpaired) electrons. The smallest absolute Gasteiger partial charge is 0.330 e. The van der Waals surface area contributed by atoms with Crippen molar-refractivity contribution in [3.8, 4) is 0 Å². The first kappa shape index (κ1) is 22.3. The summed E-state index contributed by atoms with van der Waals surface area (Å²) in [5, 5.41) is 10.8. The predicted molar refractivity (Wildman–Crippen MR) is 109 cm³/mol. The van der Waals surface area contributed by atoms with Crippen molar-refractivity contribution in [1.82, 2.24) is 0 Å². The normalized spacial score (nSPS) is 16.2. The Balaban J connectivity index is 3.00. The third-order valence-electron chi connectivity index (χ3n) is 5.28. The minimum atomic E-state index is -1.48. The van der Waals surface area contributed by atoms with Gasteiger partial charge in [0.2, 0.25) is 0 Å². The van der Waals surface area contributed by atoms with Gasteiger partial charge in [-0.2, -0.15) is 12.6 Å². The fourth-order valence-corrected chi connectivity index (χ4v) is 2.52. The summed E-state index contributed by atoms with van der Waals surface area (Å²) < 4.78 is 5.63. The number of aryl methyl sites for hydroxylation is 1. The number of ketones is 1. The maximum Gasteiger partial charge on any atom is 0.330 e. The molecule has 0 saturated heterocycles. The SMILES string of the molecule is CCC(C)C(=O)C(C)(O)c1ccc([B]OC(C)(C)C(C)(C)S)cc1C. The number of carbonyl (C=O) groups is 1. The quantitative estimate of drug-likeness (QED) is 0.548. The van der Waals surface area contributed by atoms with Crippen LogP contribution in [0.4, 0.5) is 0 Å². The van der Waals surface area contributed by atoms with E-state index in [0.717, 1.165) is 11.0 Å². The summed E-state index contributed by atoms with van der Waals surface area (Å²) in [5.41, 5.74) is 0.468. The number of thiol groups is 1. The highest BCUT2D eigenvalue weighted by Crippen LogP contribution is 2.31. The van der Waals surface area contributed by atoms with Gasteiger partial charge >= 0.3 is 7.48 Å². The molecule has 0 heterocycles. The third-order valence-corrected chi connectivity index (χ3v) is 5.82. The van der Waals surface area contributed by atoms with E-state index in [1.165, 1.54) is 0 Å². The Morgan fingerprint density at radius 1 is 1.28 bits per heavy atom. The fraction of sp³-hybridized carbons (Fsp3) is 0.650. The van der Waals surface area contributed by atoms with Gasteiger partial charge in [-0.15, -0.1) is 0 Å². The van der Waals surface area contributed by atoms with Crippen LogP contribution in [0.1, 0.15) is 66.0 Å². The molecule has 0 saturated carbocycles. The topological polar surface area (TPSA) is 46.5 Å². The molecule has 0 amide bonds.